The van der Waals surface area contributed by atoms with Crippen LogP contribution in [0, 0.1) is 11.3 Å². The summed E-state index contributed by atoms with van der Waals surface area (Å²) in [5, 5.41) is 14.4. The summed E-state index contributed by atoms with van der Waals surface area (Å²) in [6.07, 6.45) is 1.96. The molecule has 4 heteroatoms. The van der Waals surface area contributed by atoms with Crippen LogP contribution < -0.4 is 10.6 Å². The molecule has 0 bridgehead atoms. The molecule has 0 radical (unpaired) electrons. The lowest BCUT2D eigenvalue weighted by molar-refractivity contribution is -0.115. The molecule has 17 heavy (non-hydrogen) atoms. The Hall–Kier alpha value is -1.86. The van der Waals surface area contributed by atoms with Gasteiger partial charge in [-0.15, -0.1) is 0 Å². The summed E-state index contributed by atoms with van der Waals surface area (Å²) in [4.78, 5) is 11.2. The predicted octanol–water partition coefficient (Wildman–Crippen LogP) is 1.23. The number of hydrogen-bond donors (Lipinski definition) is 2. The number of nitrogens with zero attached hydrogens (tertiary/aromatic N) is 1. The second kappa shape index (κ2) is 5.46. The van der Waals surface area contributed by atoms with E-state index < -0.39 is 0 Å². The van der Waals surface area contributed by atoms with Crippen LogP contribution in [0.5, 0.6) is 0 Å². The van der Waals surface area contributed by atoms with E-state index >= 15 is 0 Å². The second-order valence-electron chi connectivity index (χ2n) is 4.12. The third-order valence-electron chi connectivity index (χ3n) is 2.80. The first kappa shape index (κ1) is 11.6. The Kier molecular flexibility index (Phi) is 3.73. The lowest BCUT2D eigenvalue weighted by Crippen LogP contribution is -2.18. The normalized spacial score (nSPS) is 13.0. The maximum Gasteiger partial charge on any atom is 0.228 e. The Balaban J connectivity index is 1.85. The van der Waals surface area contributed by atoms with Crippen molar-refractivity contribution < 1.29 is 4.79 Å². The van der Waals surface area contributed by atoms with Gasteiger partial charge in [-0.25, -0.2) is 0 Å². The number of nitrogens with one attached hydrogen (secondary N) is 2. The summed E-state index contributed by atoms with van der Waals surface area (Å²) < 4.78 is 0. The van der Waals surface area contributed by atoms with Gasteiger partial charge in [0.2, 0.25) is 5.91 Å². The number of carbonyl (C=O) groups excluding carboxylic acids is 1. The van der Waals surface area contributed by atoms with E-state index in [-0.39, 0.29) is 5.91 Å². The van der Waals surface area contributed by atoms with E-state index in [2.05, 4.69) is 22.8 Å². The van der Waals surface area contributed by atoms with Crippen LogP contribution in [0.25, 0.3) is 0 Å². The number of rotatable bonds is 5. The molecule has 2 N–H and O–H groups in total. The van der Waals surface area contributed by atoms with Gasteiger partial charge in [-0.2, -0.15) is 5.26 Å². The number of anilines is 1. The highest BCUT2D eigenvalue weighted by atomic mass is 16.1. The Labute approximate surface area is 101 Å². The Morgan fingerprint density at radius 2 is 2.29 bits per heavy atom. The molecule has 0 unspecified atom stereocenters. The molecule has 0 saturated heterocycles. The number of carbonyl (C=O) groups is 1. The van der Waals surface area contributed by atoms with Crippen molar-refractivity contribution in [2.24, 2.45) is 0 Å². The van der Waals surface area contributed by atoms with E-state index in [1.165, 1.54) is 5.56 Å². The fraction of sp³-hybridized carbons (Fsp3) is 0.385. The molecule has 88 valence electrons. The van der Waals surface area contributed by atoms with E-state index in [0.717, 1.165) is 30.8 Å². The molecule has 0 spiro atoms. The van der Waals surface area contributed by atoms with Gasteiger partial charge in [-0.3, -0.25) is 4.79 Å². The van der Waals surface area contributed by atoms with Crippen molar-refractivity contribution in [1.82, 2.24) is 5.32 Å². The topological polar surface area (TPSA) is 64.9 Å². The van der Waals surface area contributed by atoms with Crippen LogP contribution in [0.2, 0.25) is 0 Å². The van der Waals surface area contributed by atoms with Gasteiger partial charge in [0, 0.05) is 18.7 Å². The van der Waals surface area contributed by atoms with Gasteiger partial charge in [-0.1, -0.05) is 12.1 Å². The minimum absolute atomic E-state index is 0.0734. The van der Waals surface area contributed by atoms with Crippen molar-refractivity contribution in [3.8, 4) is 6.07 Å². The third-order valence-corrected chi connectivity index (χ3v) is 2.80. The summed E-state index contributed by atoms with van der Waals surface area (Å²) in [5.41, 5.74) is 3.26. The van der Waals surface area contributed by atoms with Crippen molar-refractivity contribution in [2.45, 2.75) is 19.3 Å². The van der Waals surface area contributed by atoms with Crippen molar-refractivity contribution in [2.75, 3.05) is 18.4 Å². The van der Waals surface area contributed by atoms with Crippen molar-refractivity contribution in [3.05, 3.63) is 29.3 Å². The van der Waals surface area contributed by atoms with Crippen LogP contribution in [-0.4, -0.2) is 19.0 Å². The molecule has 0 aliphatic carbocycles. The van der Waals surface area contributed by atoms with E-state index in [1.54, 1.807) is 0 Å². The minimum Gasteiger partial charge on any atom is -0.326 e. The number of amides is 1. The zero-order valence-corrected chi connectivity index (χ0v) is 9.62. The van der Waals surface area contributed by atoms with Gasteiger partial charge < -0.3 is 10.6 Å². The zero-order chi connectivity index (χ0) is 12.1. The van der Waals surface area contributed by atoms with Crippen LogP contribution >= 0.6 is 0 Å². The third kappa shape index (κ3) is 3.05. The maximum absolute atomic E-state index is 11.2. The quantitative estimate of drug-likeness (QED) is 0.746. The highest BCUT2D eigenvalue weighted by Crippen LogP contribution is 2.23. The standard InChI is InChI=1S/C13H15N3O/c14-5-1-6-15-7-4-10-2-3-12-11(8-10)9-13(17)16-12/h2-3,8,15H,1,4,6-7,9H2,(H,16,17). The molecule has 1 heterocycles. The van der Waals surface area contributed by atoms with Crippen molar-refractivity contribution in [1.29, 1.82) is 5.26 Å². The first-order valence-electron chi connectivity index (χ1n) is 5.79. The van der Waals surface area contributed by atoms with Gasteiger partial charge in [-0.05, 0) is 30.2 Å². The summed E-state index contributed by atoms with van der Waals surface area (Å²) in [7, 11) is 0. The van der Waals surface area contributed by atoms with Gasteiger partial charge in [0.15, 0.2) is 0 Å². The smallest absolute Gasteiger partial charge is 0.228 e. The molecule has 0 atom stereocenters. The molecule has 0 fully saturated rings. The highest BCUT2D eigenvalue weighted by Gasteiger charge is 2.16. The lowest BCUT2D eigenvalue weighted by atomic mass is 10.1. The maximum atomic E-state index is 11.2. The SMILES string of the molecule is N#CCCNCCc1ccc2c(c1)CC(=O)N2. The van der Waals surface area contributed by atoms with E-state index in [9.17, 15) is 4.79 Å². The molecule has 1 aliphatic heterocycles. The fourth-order valence-corrected chi connectivity index (χ4v) is 1.94. The summed E-state index contributed by atoms with van der Waals surface area (Å²) >= 11 is 0. The number of fused-ring (bicyclic) bond motifs is 1. The van der Waals surface area contributed by atoms with Crippen molar-refractivity contribution >= 4 is 11.6 Å². The van der Waals surface area contributed by atoms with Gasteiger partial charge >= 0.3 is 0 Å². The second-order valence-corrected chi connectivity index (χ2v) is 4.12. The minimum atomic E-state index is 0.0734. The van der Waals surface area contributed by atoms with Gasteiger partial charge in [0.25, 0.3) is 0 Å². The van der Waals surface area contributed by atoms with Gasteiger partial charge in [0.1, 0.15) is 0 Å². The van der Waals surface area contributed by atoms with E-state index in [1.807, 2.05) is 12.1 Å². The average Bonchev–Trinajstić information content (AvgIpc) is 2.68. The molecule has 2 rings (SSSR count). The van der Waals surface area contributed by atoms with Gasteiger partial charge in [0.05, 0.1) is 12.5 Å². The highest BCUT2D eigenvalue weighted by molar-refractivity contribution is 5.99. The molecular formula is C13H15N3O. The van der Waals surface area contributed by atoms with Crippen molar-refractivity contribution in [3.63, 3.8) is 0 Å². The number of benzene rings is 1. The average molecular weight is 229 g/mol. The molecule has 0 saturated carbocycles. The molecule has 4 nitrogen and oxygen atoms in total. The number of nitriles is 1. The predicted molar refractivity (Wildman–Crippen MR) is 65.6 cm³/mol. The molecular weight excluding hydrogens is 214 g/mol. The summed E-state index contributed by atoms with van der Waals surface area (Å²) in [6.45, 7) is 1.60. The molecule has 1 amide bonds. The largest absolute Gasteiger partial charge is 0.326 e. The Bertz CT molecular complexity index is 462. The zero-order valence-electron chi connectivity index (χ0n) is 9.62. The lowest BCUT2D eigenvalue weighted by Gasteiger charge is -2.05. The van der Waals surface area contributed by atoms with Crippen LogP contribution in [0.3, 0.4) is 0 Å². The van der Waals surface area contributed by atoms with Crippen LogP contribution in [0.4, 0.5) is 5.69 Å². The first-order valence-corrected chi connectivity index (χ1v) is 5.79. The van der Waals surface area contributed by atoms with Crippen LogP contribution in [0.1, 0.15) is 17.5 Å². The monoisotopic (exact) mass is 229 g/mol. The summed E-state index contributed by atoms with van der Waals surface area (Å²) in [5.74, 6) is 0.0734. The Morgan fingerprint density at radius 1 is 1.41 bits per heavy atom. The molecule has 0 aromatic heterocycles. The van der Waals surface area contributed by atoms with Crippen LogP contribution in [0.15, 0.2) is 18.2 Å². The number of hydrogen-bond acceptors (Lipinski definition) is 3. The molecule has 1 aromatic rings. The Morgan fingerprint density at radius 3 is 3.12 bits per heavy atom. The first-order chi connectivity index (χ1) is 8.29. The van der Waals surface area contributed by atoms with E-state index in [4.69, 9.17) is 5.26 Å². The van der Waals surface area contributed by atoms with Crippen LogP contribution in [-0.2, 0) is 17.6 Å². The van der Waals surface area contributed by atoms with E-state index in [0.29, 0.717) is 12.8 Å². The fourth-order valence-electron chi connectivity index (χ4n) is 1.94. The summed E-state index contributed by atoms with van der Waals surface area (Å²) in [6, 6.07) is 8.18. The molecule has 1 aliphatic rings. The molecule has 1 aromatic carbocycles.